The predicted octanol–water partition coefficient (Wildman–Crippen LogP) is 0.751. The van der Waals surface area contributed by atoms with Gasteiger partial charge in [-0.05, 0) is 24.3 Å². The molecule has 1 heterocycles. The largest absolute Gasteiger partial charge is 0.475 e. The molecule has 1 aromatic carbocycles. The second-order valence-corrected chi connectivity index (χ2v) is 7.31. The molecule has 0 saturated heterocycles. The molecular weight excluding hydrogens is 371 g/mol. The first-order valence-electron chi connectivity index (χ1n) is 9.64. The number of carbonyl (C=O) groups is 2. The van der Waals surface area contributed by atoms with Crippen LogP contribution in [0.1, 0.15) is 42.7 Å². The molecular formula is C20H27BN4O4. The van der Waals surface area contributed by atoms with E-state index in [0.29, 0.717) is 12.3 Å². The smallest absolute Gasteiger partial charge is 0.426 e. The van der Waals surface area contributed by atoms with Gasteiger partial charge < -0.3 is 20.7 Å². The van der Waals surface area contributed by atoms with Crippen molar-refractivity contribution < 1.29 is 19.6 Å². The molecule has 154 valence electrons. The SMILES string of the molecule is CC(C)CC[C@H](NC(=O)[C@H](Cc1ccccc1)NC(=O)c1cnccn1)B(O)O. The zero-order valence-corrected chi connectivity index (χ0v) is 16.7. The van der Waals surface area contributed by atoms with Crippen molar-refractivity contribution in [3.05, 3.63) is 60.2 Å². The molecule has 0 aliphatic heterocycles. The Labute approximate surface area is 170 Å². The van der Waals surface area contributed by atoms with Crippen LogP contribution in [0.2, 0.25) is 0 Å². The van der Waals surface area contributed by atoms with Crippen LogP contribution in [0.25, 0.3) is 0 Å². The summed E-state index contributed by atoms with van der Waals surface area (Å²) in [7, 11) is -1.69. The Hall–Kier alpha value is -2.78. The standard InChI is InChI=1S/C20H27BN4O4/c1-14(2)8-9-18(21(28)29)25-19(26)16(12-15-6-4-3-5-7-15)24-20(27)17-13-22-10-11-23-17/h3-7,10-11,13-14,16,18,28-29H,8-9,12H2,1-2H3,(H,24,27)(H,25,26)/t16-,18-/m0/s1. The molecule has 2 amide bonds. The lowest BCUT2D eigenvalue weighted by Crippen LogP contribution is -2.54. The quantitative estimate of drug-likeness (QED) is 0.438. The average molecular weight is 398 g/mol. The van der Waals surface area contributed by atoms with Crippen molar-refractivity contribution in [2.45, 2.75) is 45.1 Å². The molecule has 2 atom stereocenters. The first-order chi connectivity index (χ1) is 13.9. The Morgan fingerprint density at radius 3 is 2.38 bits per heavy atom. The molecule has 0 spiro atoms. The van der Waals surface area contributed by atoms with Crippen molar-refractivity contribution in [3.63, 3.8) is 0 Å². The van der Waals surface area contributed by atoms with Crippen molar-refractivity contribution in [1.82, 2.24) is 20.6 Å². The van der Waals surface area contributed by atoms with E-state index in [1.807, 2.05) is 44.2 Å². The summed E-state index contributed by atoms with van der Waals surface area (Å²) in [5, 5.41) is 24.6. The molecule has 8 nitrogen and oxygen atoms in total. The maximum atomic E-state index is 12.9. The van der Waals surface area contributed by atoms with Crippen LogP contribution in [0, 0.1) is 5.92 Å². The minimum absolute atomic E-state index is 0.0944. The van der Waals surface area contributed by atoms with Crippen LogP contribution in [-0.4, -0.2) is 50.9 Å². The van der Waals surface area contributed by atoms with Crippen molar-refractivity contribution in [2.75, 3.05) is 0 Å². The van der Waals surface area contributed by atoms with Crippen LogP contribution in [0.4, 0.5) is 0 Å². The topological polar surface area (TPSA) is 124 Å². The lowest BCUT2D eigenvalue weighted by molar-refractivity contribution is -0.123. The summed E-state index contributed by atoms with van der Waals surface area (Å²) in [6.45, 7) is 4.03. The number of rotatable bonds is 10. The second-order valence-electron chi connectivity index (χ2n) is 7.31. The number of benzene rings is 1. The van der Waals surface area contributed by atoms with Gasteiger partial charge >= 0.3 is 7.12 Å². The minimum Gasteiger partial charge on any atom is -0.426 e. The predicted molar refractivity (Wildman–Crippen MR) is 110 cm³/mol. The Morgan fingerprint density at radius 2 is 1.79 bits per heavy atom. The third-order valence-corrected chi connectivity index (χ3v) is 4.44. The third kappa shape index (κ3) is 7.63. The molecule has 0 bridgehead atoms. The summed E-state index contributed by atoms with van der Waals surface area (Å²) in [4.78, 5) is 33.2. The van der Waals surface area contributed by atoms with Gasteiger partial charge in [0, 0.05) is 18.8 Å². The normalized spacial score (nSPS) is 12.9. The molecule has 1 aromatic heterocycles. The van der Waals surface area contributed by atoms with Crippen molar-refractivity contribution in [3.8, 4) is 0 Å². The number of nitrogens with zero attached hydrogens (tertiary/aromatic N) is 2. The third-order valence-electron chi connectivity index (χ3n) is 4.44. The zero-order chi connectivity index (χ0) is 21.2. The van der Waals surface area contributed by atoms with Gasteiger partial charge in [0.1, 0.15) is 11.7 Å². The number of nitrogens with one attached hydrogen (secondary N) is 2. The van der Waals surface area contributed by atoms with Gasteiger partial charge in [0.2, 0.25) is 5.91 Å². The summed E-state index contributed by atoms with van der Waals surface area (Å²) >= 11 is 0. The molecule has 29 heavy (non-hydrogen) atoms. The molecule has 0 fully saturated rings. The highest BCUT2D eigenvalue weighted by molar-refractivity contribution is 6.43. The van der Waals surface area contributed by atoms with E-state index in [2.05, 4.69) is 20.6 Å². The van der Waals surface area contributed by atoms with Gasteiger partial charge in [0.25, 0.3) is 5.91 Å². The van der Waals surface area contributed by atoms with Crippen LogP contribution in [0.15, 0.2) is 48.9 Å². The molecule has 0 aliphatic rings. The molecule has 0 saturated carbocycles. The van der Waals surface area contributed by atoms with E-state index in [9.17, 15) is 19.6 Å². The first-order valence-corrected chi connectivity index (χ1v) is 9.64. The van der Waals surface area contributed by atoms with Gasteiger partial charge in [-0.15, -0.1) is 0 Å². The monoisotopic (exact) mass is 398 g/mol. The van der Waals surface area contributed by atoms with E-state index >= 15 is 0 Å². The fourth-order valence-corrected chi connectivity index (χ4v) is 2.80. The van der Waals surface area contributed by atoms with Gasteiger partial charge in [0.05, 0.1) is 12.1 Å². The number of hydrogen-bond donors (Lipinski definition) is 4. The van der Waals surface area contributed by atoms with Crippen LogP contribution in [0.3, 0.4) is 0 Å². The average Bonchev–Trinajstić information content (AvgIpc) is 2.71. The molecule has 4 N–H and O–H groups in total. The van der Waals surface area contributed by atoms with Crippen molar-refractivity contribution >= 4 is 18.9 Å². The number of aromatic nitrogens is 2. The highest BCUT2D eigenvalue weighted by Gasteiger charge is 2.29. The van der Waals surface area contributed by atoms with Gasteiger partial charge in [-0.1, -0.05) is 44.2 Å². The van der Waals surface area contributed by atoms with Gasteiger partial charge in [0.15, 0.2) is 0 Å². The van der Waals surface area contributed by atoms with E-state index in [4.69, 9.17) is 0 Å². The molecule has 0 unspecified atom stereocenters. The van der Waals surface area contributed by atoms with Crippen LogP contribution in [-0.2, 0) is 11.2 Å². The summed E-state index contributed by atoms with van der Waals surface area (Å²) in [5.41, 5.74) is 0.951. The number of hydrogen-bond acceptors (Lipinski definition) is 6. The lowest BCUT2D eigenvalue weighted by Gasteiger charge is -2.23. The minimum atomic E-state index is -1.69. The fourth-order valence-electron chi connectivity index (χ4n) is 2.80. The fraction of sp³-hybridized carbons (Fsp3) is 0.400. The summed E-state index contributed by atoms with van der Waals surface area (Å²) in [5.74, 6) is -1.49. The summed E-state index contributed by atoms with van der Waals surface area (Å²) in [6.07, 6.45) is 5.54. The van der Waals surface area contributed by atoms with Crippen molar-refractivity contribution in [1.29, 1.82) is 0 Å². The van der Waals surface area contributed by atoms with Gasteiger partial charge in [-0.3, -0.25) is 14.6 Å². The summed E-state index contributed by atoms with van der Waals surface area (Å²) in [6, 6.07) is 8.35. The van der Waals surface area contributed by atoms with Gasteiger partial charge in [-0.2, -0.15) is 0 Å². The number of carbonyl (C=O) groups excluding carboxylic acids is 2. The second kappa shape index (κ2) is 11.3. The molecule has 9 heteroatoms. The maximum absolute atomic E-state index is 12.9. The molecule has 0 radical (unpaired) electrons. The van der Waals surface area contributed by atoms with E-state index in [-0.39, 0.29) is 12.1 Å². The Balaban J connectivity index is 2.14. The maximum Gasteiger partial charge on any atom is 0.475 e. The molecule has 2 aromatic rings. The zero-order valence-electron chi connectivity index (χ0n) is 16.7. The number of amides is 2. The van der Waals surface area contributed by atoms with E-state index in [1.165, 1.54) is 18.6 Å². The highest BCUT2D eigenvalue weighted by atomic mass is 16.4. The van der Waals surface area contributed by atoms with E-state index < -0.39 is 30.9 Å². The van der Waals surface area contributed by atoms with Crippen LogP contribution >= 0.6 is 0 Å². The lowest BCUT2D eigenvalue weighted by atomic mass is 9.75. The Kier molecular flexibility index (Phi) is 8.76. The van der Waals surface area contributed by atoms with Crippen molar-refractivity contribution in [2.24, 2.45) is 5.92 Å². The van der Waals surface area contributed by atoms with Gasteiger partial charge in [-0.25, -0.2) is 4.98 Å². The Bertz CT molecular complexity index is 775. The first kappa shape index (κ1) is 22.5. The summed E-state index contributed by atoms with van der Waals surface area (Å²) < 4.78 is 0. The van der Waals surface area contributed by atoms with E-state index in [1.54, 1.807) is 0 Å². The molecule has 0 aliphatic carbocycles. The van der Waals surface area contributed by atoms with E-state index in [0.717, 1.165) is 12.0 Å². The van der Waals surface area contributed by atoms with Crippen LogP contribution < -0.4 is 10.6 Å². The Morgan fingerprint density at radius 1 is 1.07 bits per heavy atom. The molecule has 2 rings (SSSR count). The van der Waals surface area contributed by atoms with Crippen LogP contribution in [0.5, 0.6) is 0 Å². The highest BCUT2D eigenvalue weighted by Crippen LogP contribution is 2.09.